The summed E-state index contributed by atoms with van der Waals surface area (Å²) in [7, 11) is 0. The number of aryl methyl sites for hydroxylation is 1. The van der Waals surface area contributed by atoms with Gasteiger partial charge in [-0.15, -0.1) is 10.2 Å². The number of benzene rings is 1. The Kier molecular flexibility index (Phi) is 6.55. The van der Waals surface area contributed by atoms with Crippen LogP contribution in [-0.4, -0.2) is 22.0 Å². The van der Waals surface area contributed by atoms with Crippen LogP contribution in [0.3, 0.4) is 0 Å². The fourth-order valence-corrected chi connectivity index (χ4v) is 4.28. The van der Waals surface area contributed by atoms with E-state index in [4.69, 9.17) is 0 Å². The van der Waals surface area contributed by atoms with Gasteiger partial charge < -0.3 is 10.6 Å². The molecule has 2 N–H and O–H groups in total. The third kappa shape index (κ3) is 5.60. The Morgan fingerprint density at radius 1 is 1.19 bits per heavy atom. The van der Waals surface area contributed by atoms with Gasteiger partial charge in [-0.05, 0) is 36.3 Å². The Morgan fingerprint density at radius 3 is 2.78 bits per heavy atom. The van der Waals surface area contributed by atoms with Gasteiger partial charge in [-0.25, -0.2) is 0 Å². The van der Waals surface area contributed by atoms with Crippen LogP contribution < -0.4 is 10.6 Å². The van der Waals surface area contributed by atoms with Crippen molar-refractivity contribution in [3.63, 3.8) is 0 Å². The summed E-state index contributed by atoms with van der Waals surface area (Å²) in [4.78, 5) is 24.4. The maximum atomic E-state index is 12.3. The standard InChI is InChI=1S/C20H26N4O2S/c1-13(2)12-19-23-24-20(27-19)22-18(26)11-10-17(25)21-16-9-5-7-14-6-3-4-8-15(14)16/h3-4,6,8,13,16H,5,7,9-12H2,1-2H3,(H,21,25)(H,22,24,26)/t16-/m0/s1. The highest BCUT2D eigenvalue weighted by molar-refractivity contribution is 7.15. The largest absolute Gasteiger partial charge is 0.349 e. The van der Waals surface area contributed by atoms with E-state index in [0.717, 1.165) is 30.7 Å². The molecule has 1 aliphatic carbocycles. The van der Waals surface area contributed by atoms with Crippen LogP contribution in [0.4, 0.5) is 5.13 Å². The molecular weight excluding hydrogens is 360 g/mol. The summed E-state index contributed by atoms with van der Waals surface area (Å²) in [6.45, 7) is 4.23. The van der Waals surface area contributed by atoms with Crippen molar-refractivity contribution in [1.82, 2.24) is 15.5 Å². The van der Waals surface area contributed by atoms with Gasteiger partial charge in [0.15, 0.2) is 0 Å². The summed E-state index contributed by atoms with van der Waals surface area (Å²) in [5, 5.41) is 15.3. The fourth-order valence-electron chi connectivity index (χ4n) is 3.32. The zero-order chi connectivity index (χ0) is 19.2. The van der Waals surface area contributed by atoms with E-state index in [1.807, 2.05) is 12.1 Å². The van der Waals surface area contributed by atoms with Crippen LogP contribution in [0.5, 0.6) is 0 Å². The molecule has 0 aliphatic heterocycles. The van der Waals surface area contributed by atoms with Crippen molar-refractivity contribution in [1.29, 1.82) is 0 Å². The van der Waals surface area contributed by atoms with Gasteiger partial charge in [0.05, 0.1) is 6.04 Å². The van der Waals surface area contributed by atoms with E-state index in [2.05, 4.69) is 46.8 Å². The molecule has 1 atom stereocenters. The van der Waals surface area contributed by atoms with Crippen LogP contribution in [0.2, 0.25) is 0 Å². The maximum absolute atomic E-state index is 12.3. The molecule has 0 saturated carbocycles. The molecule has 0 spiro atoms. The van der Waals surface area contributed by atoms with Gasteiger partial charge in [-0.2, -0.15) is 0 Å². The average molecular weight is 387 g/mol. The molecule has 0 unspecified atom stereocenters. The molecule has 2 aromatic rings. The molecule has 0 fully saturated rings. The van der Waals surface area contributed by atoms with E-state index in [1.165, 1.54) is 22.5 Å². The second-order valence-electron chi connectivity index (χ2n) is 7.36. The first-order chi connectivity index (χ1) is 13.0. The van der Waals surface area contributed by atoms with Gasteiger partial charge in [0.25, 0.3) is 0 Å². The first-order valence-corrected chi connectivity index (χ1v) is 10.3. The molecule has 144 valence electrons. The van der Waals surface area contributed by atoms with Crippen molar-refractivity contribution in [2.45, 2.75) is 58.4 Å². The summed E-state index contributed by atoms with van der Waals surface area (Å²) in [5.74, 6) is 0.196. The lowest BCUT2D eigenvalue weighted by Gasteiger charge is -2.26. The number of nitrogens with zero attached hydrogens (tertiary/aromatic N) is 2. The Balaban J connectivity index is 1.45. The topological polar surface area (TPSA) is 84.0 Å². The molecule has 0 bridgehead atoms. The predicted molar refractivity (Wildman–Crippen MR) is 107 cm³/mol. The summed E-state index contributed by atoms with van der Waals surface area (Å²) < 4.78 is 0. The van der Waals surface area contributed by atoms with Crippen molar-refractivity contribution in [2.24, 2.45) is 5.92 Å². The Labute approximate surface area is 163 Å². The number of fused-ring (bicyclic) bond motifs is 1. The van der Waals surface area contributed by atoms with Crippen LogP contribution >= 0.6 is 11.3 Å². The molecule has 6 nitrogen and oxygen atoms in total. The third-order valence-corrected chi connectivity index (χ3v) is 5.44. The zero-order valence-electron chi connectivity index (χ0n) is 15.8. The van der Waals surface area contributed by atoms with Gasteiger partial charge in [-0.3, -0.25) is 9.59 Å². The van der Waals surface area contributed by atoms with Gasteiger partial charge in [0.1, 0.15) is 5.01 Å². The quantitative estimate of drug-likeness (QED) is 0.761. The fraction of sp³-hybridized carbons (Fsp3) is 0.500. The molecular formula is C20H26N4O2S. The molecule has 3 rings (SSSR count). The lowest BCUT2D eigenvalue weighted by Crippen LogP contribution is -2.31. The predicted octanol–water partition coefficient (Wildman–Crippen LogP) is 3.65. The smallest absolute Gasteiger partial charge is 0.226 e. The summed E-state index contributed by atoms with van der Waals surface area (Å²) in [6.07, 6.45) is 4.22. The van der Waals surface area contributed by atoms with Crippen molar-refractivity contribution in [3.8, 4) is 0 Å². The van der Waals surface area contributed by atoms with Crippen molar-refractivity contribution in [3.05, 3.63) is 40.4 Å². The van der Waals surface area contributed by atoms with Gasteiger partial charge in [0, 0.05) is 19.3 Å². The minimum Gasteiger partial charge on any atom is -0.349 e. The number of hydrogen-bond acceptors (Lipinski definition) is 5. The third-order valence-electron chi connectivity index (χ3n) is 4.58. The minimum atomic E-state index is -0.207. The number of aromatic nitrogens is 2. The number of rotatable bonds is 7. The first-order valence-electron chi connectivity index (χ1n) is 9.50. The monoisotopic (exact) mass is 386 g/mol. The van der Waals surface area contributed by atoms with Crippen LogP contribution in [0.15, 0.2) is 24.3 Å². The number of carbonyl (C=O) groups is 2. The SMILES string of the molecule is CC(C)Cc1nnc(NC(=O)CCC(=O)N[C@H]2CCCc3ccccc32)s1. The number of hydrogen-bond donors (Lipinski definition) is 2. The van der Waals surface area contributed by atoms with Crippen molar-refractivity contribution in [2.75, 3.05) is 5.32 Å². The highest BCUT2D eigenvalue weighted by Crippen LogP contribution is 2.29. The molecule has 7 heteroatoms. The molecule has 0 saturated heterocycles. The van der Waals surface area contributed by atoms with Gasteiger partial charge in [0.2, 0.25) is 16.9 Å². The van der Waals surface area contributed by atoms with E-state index in [-0.39, 0.29) is 30.7 Å². The average Bonchev–Trinajstić information content (AvgIpc) is 3.06. The number of anilines is 1. The molecule has 1 aromatic heterocycles. The van der Waals surface area contributed by atoms with Crippen LogP contribution in [0.25, 0.3) is 0 Å². The van der Waals surface area contributed by atoms with E-state index in [1.54, 1.807) is 0 Å². The molecule has 1 aromatic carbocycles. The summed E-state index contributed by atoms with van der Waals surface area (Å²) in [5.41, 5.74) is 2.51. The lowest BCUT2D eigenvalue weighted by molar-refractivity contribution is -0.125. The van der Waals surface area contributed by atoms with E-state index < -0.39 is 0 Å². The number of carbonyl (C=O) groups excluding carboxylic acids is 2. The molecule has 1 aliphatic rings. The lowest BCUT2D eigenvalue weighted by atomic mass is 9.87. The highest BCUT2D eigenvalue weighted by Gasteiger charge is 2.21. The normalized spacial score (nSPS) is 16.0. The first kappa shape index (κ1) is 19.5. The van der Waals surface area contributed by atoms with E-state index in [0.29, 0.717) is 11.0 Å². The highest BCUT2D eigenvalue weighted by atomic mass is 32.1. The number of nitrogens with one attached hydrogen (secondary N) is 2. The van der Waals surface area contributed by atoms with Gasteiger partial charge >= 0.3 is 0 Å². The van der Waals surface area contributed by atoms with E-state index >= 15 is 0 Å². The summed E-state index contributed by atoms with van der Waals surface area (Å²) in [6, 6.07) is 8.29. The minimum absolute atomic E-state index is 0.0484. The Bertz CT molecular complexity index is 803. The van der Waals surface area contributed by atoms with Crippen LogP contribution in [0, 0.1) is 5.92 Å². The van der Waals surface area contributed by atoms with Crippen molar-refractivity contribution >= 4 is 28.3 Å². The van der Waals surface area contributed by atoms with Crippen molar-refractivity contribution < 1.29 is 9.59 Å². The second kappa shape index (κ2) is 9.08. The van der Waals surface area contributed by atoms with E-state index in [9.17, 15) is 9.59 Å². The molecule has 1 heterocycles. The zero-order valence-corrected chi connectivity index (χ0v) is 16.6. The van der Waals surface area contributed by atoms with Crippen LogP contribution in [0.1, 0.15) is 61.7 Å². The number of amides is 2. The van der Waals surface area contributed by atoms with Crippen LogP contribution in [-0.2, 0) is 22.4 Å². The Hall–Kier alpha value is -2.28. The maximum Gasteiger partial charge on any atom is 0.226 e. The molecule has 2 amide bonds. The van der Waals surface area contributed by atoms with Gasteiger partial charge in [-0.1, -0.05) is 49.4 Å². The second-order valence-corrected chi connectivity index (χ2v) is 8.42. The molecule has 0 radical (unpaired) electrons. The Morgan fingerprint density at radius 2 is 1.96 bits per heavy atom. The summed E-state index contributed by atoms with van der Waals surface area (Å²) >= 11 is 1.39. The molecule has 27 heavy (non-hydrogen) atoms.